The minimum atomic E-state index is -4.00. The van der Waals surface area contributed by atoms with Crippen LogP contribution in [0.4, 0.5) is 27.2 Å². The lowest BCUT2D eigenvalue weighted by molar-refractivity contribution is 0.0509. The summed E-state index contributed by atoms with van der Waals surface area (Å²) in [7, 11) is -2.46. The first kappa shape index (κ1) is 61.5. The number of halogens is 5. The Bertz CT molecular complexity index is 2600. The lowest BCUT2D eigenvalue weighted by Crippen LogP contribution is -2.38. The molecule has 2 fully saturated rings. The van der Waals surface area contributed by atoms with Gasteiger partial charge in [0.1, 0.15) is 34.5 Å². The van der Waals surface area contributed by atoms with E-state index in [0.29, 0.717) is 24.0 Å². The van der Waals surface area contributed by atoms with E-state index < -0.39 is 76.7 Å². The van der Waals surface area contributed by atoms with Crippen molar-refractivity contribution < 1.29 is 62.7 Å². The number of ether oxygens (including phenoxy) is 2. The summed E-state index contributed by atoms with van der Waals surface area (Å²) in [5.41, 5.74) is -0.163. The van der Waals surface area contributed by atoms with Crippen LogP contribution in [0.15, 0.2) is 94.7 Å². The van der Waals surface area contributed by atoms with Gasteiger partial charge < -0.3 is 30.1 Å². The number of benzene rings is 4. The zero-order chi connectivity index (χ0) is 54.5. The Morgan fingerprint density at radius 3 is 1.29 bits per heavy atom. The number of hydrogen-bond acceptors (Lipinski definition) is 11. The molecule has 0 unspecified atom stereocenters. The highest BCUT2D eigenvalue weighted by Crippen LogP contribution is 2.55. The second-order valence-corrected chi connectivity index (χ2v) is 23.9. The fraction of sp³-hybridized carbons (Fsp3) is 0.500. The van der Waals surface area contributed by atoms with Crippen LogP contribution in [0.25, 0.3) is 0 Å². The van der Waals surface area contributed by atoms with E-state index in [9.17, 15) is 49.1 Å². The molecule has 0 saturated heterocycles. The SMILES string of the molecule is CC(C)(C)OC(=O)NC[C@@]1(c2cc(F)cc(F)c2)C[C@H]1CO.CCN(CC)CC.Cc1ccc(S(=O)(=O)Cl)cc1.Cc1ccc(S(=O)(=O)OC[C@@H]2C[C@@]2(CNC(=O)OC(C)(C)C)c2cc(F)cc(F)c2)cc1. The summed E-state index contributed by atoms with van der Waals surface area (Å²) in [6.45, 7) is 24.1. The molecule has 2 aliphatic rings. The molecule has 3 N–H and O–H groups in total. The second kappa shape index (κ2) is 25.9. The van der Waals surface area contributed by atoms with Crippen molar-refractivity contribution in [1.29, 1.82) is 0 Å². The molecule has 2 aliphatic carbocycles. The maximum Gasteiger partial charge on any atom is 0.407 e. The molecule has 0 aromatic heterocycles. The van der Waals surface area contributed by atoms with E-state index in [-0.39, 0.29) is 47.9 Å². The lowest BCUT2D eigenvalue weighted by atomic mass is 9.93. The third-order valence-electron chi connectivity index (χ3n) is 11.8. The van der Waals surface area contributed by atoms with E-state index >= 15 is 0 Å². The van der Waals surface area contributed by atoms with Gasteiger partial charge in [-0.15, -0.1) is 0 Å². The topological polar surface area (TPSA) is 178 Å². The van der Waals surface area contributed by atoms with Gasteiger partial charge in [0.05, 0.1) is 16.4 Å². The molecule has 4 atom stereocenters. The monoisotopic (exact) mass is 1070 g/mol. The summed E-state index contributed by atoms with van der Waals surface area (Å²) < 4.78 is 117. The second-order valence-electron chi connectivity index (χ2n) is 19.7. The molecule has 400 valence electrons. The Labute approximate surface area is 427 Å². The zero-order valence-electron chi connectivity index (χ0n) is 42.9. The zero-order valence-corrected chi connectivity index (χ0v) is 45.3. The maximum absolute atomic E-state index is 13.9. The Kier molecular flexibility index (Phi) is 22.1. The minimum Gasteiger partial charge on any atom is -0.444 e. The van der Waals surface area contributed by atoms with Gasteiger partial charge in [0, 0.05) is 53.3 Å². The highest BCUT2D eigenvalue weighted by Gasteiger charge is 2.57. The molecule has 13 nitrogen and oxygen atoms in total. The van der Waals surface area contributed by atoms with E-state index in [1.807, 2.05) is 13.8 Å². The molecule has 72 heavy (non-hydrogen) atoms. The van der Waals surface area contributed by atoms with Gasteiger partial charge in [0.2, 0.25) is 0 Å². The fourth-order valence-corrected chi connectivity index (χ4v) is 9.37. The van der Waals surface area contributed by atoms with Gasteiger partial charge in [0.15, 0.2) is 0 Å². The first-order valence-corrected chi connectivity index (χ1v) is 27.2. The summed E-state index contributed by atoms with van der Waals surface area (Å²) in [5, 5.41) is 14.6. The average Bonchev–Trinajstić information content (AvgIpc) is 4.18. The van der Waals surface area contributed by atoms with Crippen LogP contribution in [0.3, 0.4) is 0 Å². The number of aryl methyl sites for hydroxylation is 2. The van der Waals surface area contributed by atoms with Crippen LogP contribution < -0.4 is 10.6 Å². The molecule has 2 saturated carbocycles. The van der Waals surface area contributed by atoms with Crippen LogP contribution in [0.5, 0.6) is 0 Å². The number of nitrogens with zero attached hydrogens (tertiary/aromatic N) is 1. The molecule has 6 rings (SSSR count). The number of aliphatic hydroxyl groups excluding tert-OH is 1. The van der Waals surface area contributed by atoms with E-state index in [2.05, 4.69) is 36.3 Å². The number of carbonyl (C=O) groups is 2. The van der Waals surface area contributed by atoms with Crippen LogP contribution >= 0.6 is 10.7 Å². The predicted octanol–water partition coefficient (Wildman–Crippen LogP) is 10.5. The van der Waals surface area contributed by atoms with E-state index in [1.54, 1.807) is 65.8 Å². The minimum absolute atomic E-state index is 0.0173. The molecular weight excluding hydrogens is 1000 g/mol. The standard InChI is InChI=1S/C23H27F2NO5S.C16H21F2NO3.C7H7ClO2S.C6H15N/c1-15-5-7-20(8-6-15)32(28,29)30-13-17-12-23(17,14-26-21(27)31-22(2,3)4)16-9-18(24)11-19(25)10-16;1-15(2,3)22-14(21)19-9-16(7-11(16)8-20)10-4-12(17)6-13(18)5-10;1-6-2-4-7(5-3-6)11(8,9)10;1-4-7(5-2)6-3/h5-11,17H,12-14H2,1-4H3,(H,26,27);4-6,11,20H,7-9H2,1-3H3,(H,19,21);2-5H,1H3;4-6H2,1-3H3/t17-,23+;11-,16+;;/m00../s1. The van der Waals surface area contributed by atoms with Crippen molar-refractivity contribution in [2.75, 3.05) is 45.9 Å². The number of nitrogens with one attached hydrogen (secondary N) is 2. The molecule has 2 amide bonds. The van der Waals surface area contributed by atoms with Crippen molar-refractivity contribution in [2.45, 2.75) is 121 Å². The Morgan fingerprint density at radius 1 is 0.639 bits per heavy atom. The summed E-state index contributed by atoms with van der Waals surface area (Å²) in [4.78, 5) is 26.4. The molecule has 4 aromatic rings. The molecule has 0 spiro atoms. The van der Waals surface area contributed by atoms with E-state index in [0.717, 1.165) is 23.3 Å². The molecule has 0 radical (unpaired) electrons. The van der Waals surface area contributed by atoms with Gasteiger partial charge in [-0.1, -0.05) is 56.2 Å². The van der Waals surface area contributed by atoms with Crippen LogP contribution in [-0.4, -0.2) is 96.2 Å². The molecule has 0 aliphatic heterocycles. The van der Waals surface area contributed by atoms with Gasteiger partial charge in [-0.3, -0.25) is 4.18 Å². The normalized spacial score (nSPS) is 19.2. The summed E-state index contributed by atoms with van der Waals surface area (Å²) in [5.74, 6) is -3.36. The van der Waals surface area contributed by atoms with Crippen molar-refractivity contribution in [1.82, 2.24) is 15.5 Å². The first-order valence-electron chi connectivity index (χ1n) is 23.5. The Morgan fingerprint density at radius 2 is 0.986 bits per heavy atom. The molecular formula is C52H70ClF4N3O10S2. The number of rotatable bonds is 15. The number of carbonyl (C=O) groups excluding carboxylic acids is 2. The third-order valence-corrected chi connectivity index (χ3v) is 14.5. The van der Waals surface area contributed by atoms with Crippen LogP contribution in [0.1, 0.15) is 97.4 Å². The maximum atomic E-state index is 13.9. The first-order chi connectivity index (χ1) is 33.3. The predicted molar refractivity (Wildman–Crippen MR) is 270 cm³/mol. The lowest BCUT2D eigenvalue weighted by Gasteiger charge is -2.23. The van der Waals surface area contributed by atoms with Crippen LogP contribution in [0.2, 0.25) is 0 Å². The van der Waals surface area contributed by atoms with Crippen molar-refractivity contribution >= 4 is 42.0 Å². The van der Waals surface area contributed by atoms with Gasteiger partial charge in [-0.2, -0.15) is 8.42 Å². The summed E-state index contributed by atoms with van der Waals surface area (Å²) >= 11 is 0. The number of aliphatic hydroxyl groups is 1. The summed E-state index contributed by atoms with van der Waals surface area (Å²) in [6, 6.07) is 19.0. The molecule has 0 heterocycles. The summed E-state index contributed by atoms with van der Waals surface area (Å²) in [6.07, 6.45) is -0.322. The van der Waals surface area contributed by atoms with Crippen LogP contribution in [-0.2, 0) is 43.7 Å². The number of amides is 2. The molecule has 20 heteroatoms. The number of hydrogen-bond donors (Lipinski definition) is 3. The average molecular weight is 1070 g/mol. The highest BCUT2D eigenvalue weighted by atomic mass is 35.7. The molecule has 4 aromatic carbocycles. The van der Waals surface area contributed by atoms with E-state index in [4.69, 9.17) is 24.3 Å². The molecule has 0 bridgehead atoms. The van der Waals surface area contributed by atoms with Crippen molar-refractivity contribution in [3.8, 4) is 0 Å². The van der Waals surface area contributed by atoms with Gasteiger partial charge >= 0.3 is 12.2 Å². The third kappa shape index (κ3) is 19.6. The van der Waals surface area contributed by atoms with Crippen molar-refractivity contribution in [2.24, 2.45) is 11.8 Å². The van der Waals surface area contributed by atoms with Gasteiger partial charge in [-0.25, -0.2) is 35.6 Å². The quantitative estimate of drug-likeness (QED) is 0.0586. The van der Waals surface area contributed by atoms with Crippen LogP contribution in [0, 0.1) is 49.0 Å². The largest absolute Gasteiger partial charge is 0.444 e. The van der Waals surface area contributed by atoms with Gasteiger partial charge in [0.25, 0.3) is 19.2 Å². The smallest absolute Gasteiger partial charge is 0.407 e. The van der Waals surface area contributed by atoms with Gasteiger partial charge in [-0.05, 0) is 159 Å². The van der Waals surface area contributed by atoms with Crippen molar-refractivity contribution in [3.63, 3.8) is 0 Å². The van der Waals surface area contributed by atoms with E-state index in [1.165, 1.54) is 68.2 Å². The Balaban J connectivity index is 0.000000293. The van der Waals surface area contributed by atoms with Crippen molar-refractivity contribution in [3.05, 3.63) is 130 Å². The fourth-order valence-electron chi connectivity index (χ4n) is 7.65. The Hall–Kier alpha value is -4.79. The number of alkyl carbamates (subject to hydrolysis) is 2. The highest BCUT2D eigenvalue weighted by molar-refractivity contribution is 8.13.